The number of fused-ring (bicyclic) bond motifs is 1. The van der Waals surface area contributed by atoms with E-state index in [2.05, 4.69) is 11.0 Å². The van der Waals surface area contributed by atoms with E-state index in [0.717, 1.165) is 44.1 Å². The monoisotopic (exact) mass is 247 g/mol. The molecule has 1 aromatic carbocycles. The molecule has 0 atom stereocenters. The Balaban J connectivity index is 1.58. The summed E-state index contributed by atoms with van der Waals surface area (Å²) < 4.78 is 11.6. The third kappa shape index (κ3) is 2.61. The zero-order valence-corrected chi connectivity index (χ0v) is 10.9. The second-order valence-electron chi connectivity index (χ2n) is 5.08. The summed E-state index contributed by atoms with van der Waals surface area (Å²) >= 11 is 0. The molecule has 18 heavy (non-hydrogen) atoms. The summed E-state index contributed by atoms with van der Waals surface area (Å²) in [5.74, 6) is 2.03. The standard InChI is InChI=1S/C15H21NO2/c1-2-9-16(8-1)10-12-18-15-7-3-6-14-13(15)5-4-11-17-14/h3,6-7H,1-2,4-5,8-12H2. The summed E-state index contributed by atoms with van der Waals surface area (Å²) in [7, 11) is 0. The minimum atomic E-state index is 0.788. The molecule has 0 aromatic heterocycles. The van der Waals surface area contributed by atoms with Crippen LogP contribution in [0, 0.1) is 0 Å². The smallest absolute Gasteiger partial charge is 0.126 e. The summed E-state index contributed by atoms with van der Waals surface area (Å²) in [5, 5.41) is 0. The fourth-order valence-corrected chi connectivity index (χ4v) is 2.78. The van der Waals surface area contributed by atoms with Gasteiger partial charge < -0.3 is 9.47 Å². The van der Waals surface area contributed by atoms with Gasteiger partial charge >= 0.3 is 0 Å². The molecule has 0 unspecified atom stereocenters. The lowest BCUT2D eigenvalue weighted by molar-refractivity contribution is 0.230. The third-order valence-electron chi connectivity index (χ3n) is 3.78. The molecule has 0 radical (unpaired) electrons. The molecule has 0 aliphatic carbocycles. The van der Waals surface area contributed by atoms with Gasteiger partial charge in [0.05, 0.1) is 6.61 Å². The predicted molar refractivity (Wildman–Crippen MR) is 71.4 cm³/mol. The summed E-state index contributed by atoms with van der Waals surface area (Å²) in [5.41, 5.74) is 1.25. The van der Waals surface area contributed by atoms with Crippen molar-refractivity contribution in [2.45, 2.75) is 25.7 Å². The molecule has 2 heterocycles. The Labute approximate surface area is 109 Å². The van der Waals surface area contributed by atoms with Crippen LogP contribution in [0.15, 0.2) is 18.2 Å². The molecule has 2 aliphatic heterocycles. The Kier molecular flexibility index (Phi) is 3.69. The molecular formula is C15H21NO2. The fourth-order valence-electron chi connectivity index (χ4n) is 2.78. The zero-order valence-electron chi connectivity index (χ0n) is 10.9. The fraction of sp³-hybridized carbons (Fsp3) is 0.600. The van der Waals surface area contributed by atoms with E-state index >= 15 is 0 Å². The van der Waals surface area contributed by atoms with Gasteiger partial charge in [-0.25, -0.2) is 0 Å². The summed E-state index contributed by atoms with van der Waals surface area (Å²) in [6.45, 7) is 5.14. The predicted octanol–water partition coefficient (Wildman–Crippen LogP) is 2.49. The van der Waals surface area contributed by atoms with Crippen LogP contribution in [0.2, 0.25) is 0 Å². The molecule has 0 spiro atoms. The lowest BCUT2D eigenvalue weighted by atomic mass is 10.1. The molecule has 2 aliphatic rings. The van der Waals surface area contributed by atoms with Crippen LogP contribution in [-0.4, -0.2) is 37.7 Å². The first-order valence-corrected chi connectivity index (χ1v) is 7.03. The number of benzene rings is 1. The molecule has 1 saturated heterocycles. The minimum Gasteiger partial charge on any atom is -0.493 e. The normalized spacial score (nSPS) is 19.3. The van der Waals surface area contributed by atoms with Crippen LogP contribution >= 0.6 is 0 Å². The highest BCUT2D eigenvalue weighted by Crippen LogP contribution is 2.32. The lowest BCUT2D eigenvalue weighted by Crippen LogP contribution is -2.25. The number of nitrogens with zero attached hydrogens (tertiary/aromatic N) is 1. The van der Waals surface area contributed by atoms with Crippen LogP contribution in [-0.2, 0) is 6.42 Å². The molecule has 0 amide bonds. The summed E-state index contributed by atoms with van der Waals surface area (Å²) in [6.07, 6.45) is 4.86. The van der Waals surface area contributed by atoms with Gasteiger partial charge in [-0.1, -0.05) is 6.07 Å². The van der Waals surface area contributed by atoms with E-state index in [1.807, 2.05) is 12.1 Å². The highest BCUT2D eigenvalue weighted by molar-refractivity contribution is 5.45. The van der Waals surface area contributed by atoms with Crippen LogP contribution in [0.3, 0.4) is 0 Å². The molecular weight excluding hydrogens is 226 g/mol. The largest absolute Gasteiger partial charge is 0.493 e. The molecule has 0 N–H and O–H groups in total. The van der Waals surface area contributed by atoms with E-state index in [9.17, 15) is 0 Å². The van der Waals surface area contributed by atoms with Crippen molar-refractivity contribution in [3.63, 3.8) is 0 Å². The van der Waals surface area contributed by atoms with E-state index in [1.54, 1.807) is 0 Å². The first-order valence-electron chi connectivity index (χ1n) is 7.03. The summed E-state index contributed by atoms with van der Waals surface area (Å²) in [6, 6.07) is 6.13. The molecule has 0 bridgehead atoms. The van der Waals surface area contributed by atoms with Crippen molar-refractivity contribution >= 4 is 0 Å². The van der Waals surface area contributed by atoms with Crippen molar-refractivity contribution in [1.29, 1.82) is 0 Å². The first kappa shape index (κ1) is 11.8. The maximum Gasteiger partial charge on any atom is 0.126 e. The van der Waals surface area contributed by atoms with E-state index in [1.165, 1.54) is 31.5 Å². The van der Waals surface area contributed by atoms with E-state index < -0.39 is 0 Å². The Morgan fingerprint density at radius 2 is 2.06 bits per heavy atom. The van der Waals surface area contributed by atoms with Gasteiger partial charge in [0.1, 0.15) is 18.1 Å². The van der Waals surface area contributed by atoms with Gasteiger partial charge in [0, 0.05) is 12.1 Å². The van der Waals surface area contributed by atoms with Gasteiger partial charge in [-0.05, 0) is 50.9 Å². The topological polar surface area (TPSA) is 21.7 Å². The molecule has 3 rings (SSSR count). The molecule has 98 valence electrons. The first-order chi connectivity index (χ1) is 8.93. The maximum absolute atomic E-state index is 5.94. The van der Waals surface area contributed by atoms with Crippen molar-refractivity contribution in [3.05, 3.63) is 23.8 Å². The minimum absolute atomic E-state index is 0.788. The second kappa shape index (κ2) is 5.61. The number of ether oxygens (including phenoxy) is 2. The second-order valence-corrected chi connectivity index (χ2v) is 5.08. The van der Waals surface area contributed by atoms with Gasteiger partial charge in [0.2, 0.25) is 0 Å². The molecule has 1 fully saturated rings. The average Bonchev–Trinajstić information content (AvgIpc) is 2.92. The van der Waals surface area contributed by atoms with Gasteiger partial charge in [-0.15, -0.1) is 0 Å². The lowest BCUT2D eigenvalue weighted by Gasteiger charge is -2.21. The number of rotatable bonds is 4. The third-order valence-corrected chi connectivity index (χ3v) is 3.78. The van der Waals surface area contributed by atoms with Gasteiger partial charge in [-0.2, -0.15) is 0 Å². The quantitative estimate of drug-likeness (QED) is 0.816. The SMILES string of the molecule is c1cc2c(c(OCCN3CCCC3)c1)CCCO2. The molecule has 3 nitrogen and oxygen atoms in total. The van der Waals surface area contributed by atoms with Crippen molar-refractivity contribution in [1.82, 2.24) is 4.90 Å². The van der Waals surface area contributed by atoms with Gasteiger partial charge in [0.15, 0.2) is 0 Å². The Bertz CT molecular complexity index is 399. The van der Waals surface area contributed by atoms with E-state index in [4.69, 9.17) is 9.47 Å². The average molecular weight is 247 g/mol. The van der Waals surface area contributed by atoms with Crippen LogP contribution in [0.25, 0.3) is 0 Å². The van der Waals surface area contributed by atoms with Crippen molar-refractivity contribution in [2.75, 3.05) is 32.8 Å². The van der Waals surface area contributed by atoms with Gasteiger partial charge in [-0.3, -0.25) is 4.90 Å². The zero-order chi connectivity index (χ0) is 12.2. The Hall–Kier alpha value is -1.22. The highest BCUT2D eigenvalue weighted by atomic mass is 16.5. The van der Waals surface area contributed by atoms with Crippen LogP contribution < -0.4 is 9.47 Å². The Morgan fingerprint density at radius 3 is 2.94 bits per heavy atom. The van der Waals surface area contributed by atoms with Crippen molar-refractivity contribution < 1.29 is 9.47 Å². The maximum atomic E-state index is 5.94. The van der Waals surface area contributed by atoms with E-state index in [0.29, 0.717) is 0 Å². The molecule has 1 aromatic rings. The number of likely N-dealkylation sites (tertiary alicyclic amines) is 1. The molecule has 0 saturated carbocycles. The van der Waals surface area contributed by atoms with Crippen LogP contribution in [0.1, 0.15) is 24.8 Å². The Morgan fingerprint density at radius 1 is 1.17 bits per heavy atom. The number of hydrogen-bond donors (Lipinski definition) is 0. The van der Waals surface area contributed by atoms with Crippen molar-refractivity contribution in [3.8, 4) is 11.5 Å². The number of hydrogen-bond acceptors (Lipinski definition) is 3. The van der Waals surface area contributed by atoms with E-state index in [-0.39, 0.29) is 0 Å². The van der Waals surface area contributed by atoms with Gasteiger partial charge in [0.25, 0.3) is 0 Å². The summed E-state index contributed by atoms with van der Waals surface area (Å²) in [4.78, 5) is 2.48. The molecule has 3 heteroatoms. The van der Waals surface area contributed by atoms with Crippen molar-refractivity contribution in [2.24, 2.45) is 0 Å². The van der Waals surface area contributed by atoms with Crippen LogP contribution in [0.4, 0.5) is 0 Å². The highest BCUT2D eigenvalue weighted by Gasteiger charge is 2.16. The van der Waals surface area contributed by atoms with Crippen LogP contribution in [0.5, 0.6) is 11.5 Å².